The van der Waals surface area contributed by atoms with Gasteiger partial charge < -0.3 is 4.52 Å². The van der Waals surface area contributed by atoms with Crippen LogP contribution in [-0.2, 0) is 4.79 Å². The first-order valence-electron chi connectivity index (χ1n) is 9.25. The molecule has 2 aromatic carbocycles. The molecule has 0 saturated heterocycles. The van der Waals surface area contributed by atoms with E-state index in [1.165, 1.54) is 11.8 Å². The molecule has 30 heavy (non-hydrogen) atoms. The number of aromatic nitrogens is 4. The number of aryl methyl sites for hydroxylation is 2. The summed E-state index contributed by atoms with van der Waals surface area (Å²) in [5, 5.41) is 7.15. The van der Waals surface area contributed by atoms with Crippen molar-refractivity contribution in [3.8, 4) is 5.69 Å². The molecule has 0 fully saturated rings. The first-order chi connectivity index (χ1) is 14.4. The van der Waals surface area contributed by atoms with Crippen molar-refractivity contribution >= 4 is 34.6 Å². The van der Waals surface area contributed by atoms with E-state index in [9.17, 15) is 9.59 Å². The maximum absolute atomic E-state index is 13.3. The maximum Gasteiger partial charge on any atom is 0.328 e. The fourth-order valence-corrected chi connectivity index (χ4v) is 3.84. The zero-order valence-electron chi connectivity index (χ0n) is 16.7. The fraction of sp³-hybridized carbons (Fsp3) is 0.190. The summed E-state index contributed by atoms with van der Waals surface area (Å²) in [5.41, 5.74) is 3.19. The summed E-state index contributed by atoms with van der Waals surface area (Å²) in [6.45, 7) is 5.62. The van der Waals surface area contributed by atoms with E-state index in [0.717, 1.165) is 16.8 Å². The summed E-state index contributed by atoms with van der Waals surface area (Å²) >= 11 is 1.17. The topological polar surface area (TPSA) is 103 Å². The minimum atomic E-state index is -0.335. The van der Waals surface area contributed by atoms with Gasteiger partial charge in [0.15, 0.2) is 11.0 Å². The third-order valence-corrected chi connectivity index (χ3v) is 5.61. The van der Waals surface area contributed by atoms with Gasteiger partial charge in [-0.1, -0.05) is 41.2 Å². The van der Waals surface area contributed by atoms with Gasteiger partial charge in [-0.2, -0.15) is 4.98 Å². The van der Waals surface area contributed by atoms with Crippen LogP contribution in [0.4, 0.5) is 6.01 Å². The molecule has 0 atom stereocenters. The van der Waals surface area contributed by atoms with E-state index in [0.29, 0.717) is 21.9 Å². The van der Waals surface area contributed by atoms with E-state index >= 15 is 0 Å². The Morgan fingerprint density at radius 2 is 1.90 bits per heavy atom. The molecule has 0 unspecified atom stereocenters. The van der Waals surface area contributed by atoms with Gasteiger partial charge in [0, 0.05) is 0 Å². The van der Waals surface area contributed by atoms with Crippen molar-refractivity contribution in [2.75, 3.05) is 11.1 Å². The molecule has 4 rings (SSSR count). The molecule has 2 aromatic heterocycles. The predicted molar refractivity (Wildman–Crippen MR) is 115 cm³/mol. The monoisotopic (exact) mass is 421 g/mol. The van der Waals surface area contributed by atoms with Gasteiger partial charge in [-0.25, -0.2) is 4.98 Å². The number of carbonyl (C=O) groups excluding carboxylic acids is 1. The Morgan fingerprint density at radius 1 is 1.10 bits per heavy atom. The molecular weight excluding hydrogens is 402 g/mol. The molecule has 0 aliphatic rings. The van der Waals surface area contributed by atoms with Crippen LogP contribution in [0.1, 0.15) is 17.0 Å². The Bertz CT molecular complexity index is 1310. The van der Waals surface area contributed by atoms with E-state index < -0.39 is 0 Å². The van der Waals surface area contributed by atoms with Gasteiger partial charge in [0.1, 0.15) is 0 Å². The molecule has 0 radical (unpaired) electrons. The minimum absolute atomic E-state index is 0.0249. The van der Waals surface area contributed by atoms with Gasteiger partial charge in [0.2, 0.25) is 5.91 Å². The molecule has 0 aliphatic heterocycles. The summed E-state index contributed by atoms with van der Waals surface area (Å²) < 4.78 is 6.48. The Morgan fingerprint density at radius 3 is 2.67 bits per heavy atom. The van der Waals surface area contributed by atoms with Crippen LogP contribution in [0.25, 0.3) is 16.6 Å². The summed E-state index contributed by atoms with van der Waals surface area (Å²) in [5.74, 6) is 0.119. The molecule has 9 heteroatoms. The third kappa shape index (κ3) is 3.84. The van der Waals surface area contributed by atoms with E-state index in [2.05, 4.69) is 20.4 Å². The van der Waals surface area contributed by atoms with Gasteiger partial charge >= 0.3 is 6.01 Å². The largest absolute Gasteiger partial charge is 0.328 e. The van der Waals surface area contributed by atoms with Gasteiger partial charge in [-0.3, -0.25) is 19.5 Å². The normalized spacial score (nSPS) is 11.0. The summed E-state index contributed by atoms with van der Waals surface area (Å²) in [4.78, 5) is 34.3. The molecule has 0 aliphatic carbocycles. The molecule has 0 saturated carbocycles. The van der Waals surface area contributed by atoms with E-state index in [-0.39, 0.29) is 23.2 Å². The van der Waals surface area contributed by atoms with Crippen LogP contribution >= 0.6 is 11.8 Å². The average molecular weight is 421 g/mol. The number of hydrogen-bond donors (Lipinski definition) is 1. The highest BCUT2D eigenvalue weighted by Gasteiger charge is 2.17. The SMILES string of the molecule is Cc1noc(NC(=O)CSc2nc3ccccc3c(=O)n2-c2cccc(C)c2C)n1. The van der Waals surface area contributed by atoms with Crippen molar-refractivity contribution in [2.24, 2.45) is 0 Å². The van der Waals surface area contributed by atoms with Crippen LogP contribution in [0.5, 0.6) is 0 Å². The van der Waals surface area contributed by atoms with Crippen molar-refractivity contribution in [1.82, 2.24) is 19.7 Å². The van der Waals surface area contributed by atoms with Crippen LogP contribution in [0, 0.1) is 20.8 Å². The number of amides is 1. The van der Waals surface area contributed by atoms with Crippen molar-refractivity contribution < 1.29 is 9.32 Å². The van der Waals surface area contributed by atoms with Gasteiger partial charge in [0.05, 0.1) is 22.3 Å². The summed E-state index contributed by atoms with van der Waals surface area (Å²) in [7, 11) is 0. The van der Waals surface area contributed by atoms with Crippen LogP contribution in [0.15, 0.2) is 56.9 Å². The standard InChI is InChI=1S/C21H19N5O3S/c1-12-7-6-10-17(13(12)2)26-19(28)15-8-4-5-9-16(15)23-21(26)30-11-18(27)24-20-22-14(3)25-29-20/h4-10H,11H2,1-3H3,(H,22,24,25,27). The lowest BCUT2D eigenvalue weighted by Crippen LogP contribution is -2.23. The van der Waals surface area contributed by atoms with Crippen molar-refractivity contribution in [3.63, 3.8) is 0 Å². The average Bonchev–Trinajstić information content (AvgIpc) is 3.13. The number of anilines is 1. The number of nitrogens with one attached hydrogen (secondary N) is 1. The number of nitrogens with zero attached hydrogens (tertiary/aromatic N) is 4. The number of para-hydroxylation sites is 1. The highest BCUT2D eigenvalue weighted by Crippen LogP contribution is 2.24. The first kappa shape index (κ1) is 19.8. The Hall–Kier alpha value is -3.46. The molecule has 2 heterocycles. The fourth-order valence-electron chi connectivity index (χ4n) is 3.03. The Balaban J connectivity index is 1.73. The summed E-state index contributed by atoms with van der Waals surface area (Å²) in [6.07, 6.45) is 0. The van der Waals surface area contributed by atoms with Gasteiger partial charge in [0.25, 0.3) is 5.56 Å². The van der Waals surface area contributed by atoms with Crippen molar-refractivity contribution in [3.05, 3.63) is 69.8 Å². The number of thioether (sulfide) groups is 1. The molecule has 1 amide bonds. The third-order valence-electron chi connectivity index (χ3n) is 4.67. The zero-order valence-corrected chi connectivity index (χ0v) is 17.5. The molecule has 0 spiro atoms. The lowest BCUT2D eigenvalue weighted by Gasteiger charge is -2.16. The highest BCUT2D eigenvalue weighted by molar-refractivity contribution is 7.99. The minimum Gasteiger partial charge on any atom is -0.315 e. The van der Waals surface area contributed by atoms with Gasteiger partial charge in [-0.05, 0) is 50.1 Å². The van der Waals surface area contributed by atoms with Crippen LogP contribution in [0.3, 0.4) is 0 Å². The second-order valence-corrected chi connectivity index (χ2v) is 7.70. The molecule has 8 nitrogen and oxygen atoms in total. The Kier molecular flexibility index (Phi) is 5.37. The molecule has 1 N–H and O–H groups in total. The summed E-state index contributed by atoms with van der Waals surface area (Å²) in [6, 6.07) is 13.0. The molecule has 4 aromatic rings. The quantitative estimate of drug-likeness (QED) is 0.389. The highest BCUT2D eigenvalue weighted by atomic mass is 32.2. The molecule has 152 valence electrons. The first-order valence-corrected chi connectivity index (χ1v) is 10.2. The lowest BCUT2D eigenvalue weighted by molar-refractivity contribution is -0.114. The number of carbonyl (C=O) groups is 1. The van der Waals surface area contributed by atoms with E-state index in [4.69, 9.17) is 4.52 Å². The lowest BCUT2D eigenvalue weighted by atomic mass is 10.1. The second kappa shape index (κ2) is 8.11. The molecule has 0 bridgehead atoms. The number of fused-ring (bicyclic) bond motifs is 1. The van der Waals surface area contributed by atoms with Crippen LogP contribution < -0.4 is 10.9 Å². The van der Waals surface area contributed by atoms with Crippen LogP contribution in [-0.4, -0.2) is 31.4 Å². The molecular formula is C21H19N5O3S. The van der Waals surface area contributed by atoms with Gasteiger partial charge in [-0.15, -0.1) is 0 Å². The second-order valence-electron chi connectivity index (χ2n) is 6.75. The van der Waals surface area contributed by atoms with E-state index in [1.807, 2.05) is 44.2 Å². The Labute approximate surface area is 176 Å². The van der Waals surface area contributed by atoms with Crippen LogP contribution in [0.2, 0.25) is 0 Å². The van der Waals surface area contributed by atoms with E-state index in [1.54, 1.807) is 23.6 Å². The van der Waals surface area contributed by atoms with Crippen molar-refractivity contribution in [1.29, 1.82) is 0 Å². The van der Waals surface area contributed by atoms with Crippen molar-refractivity contribution in [2.45, 2.75) is 25.9 Å². The number of benzene rings is 2. The smallest absolute Gasteiger partial charge is 0.315 e. The predicted octanol–water partition coefficient (Wildman–Crippen LogP) is 3.42. The number of rotatable bonds is 5. The maximum atomic E-state index is 13.3. The number of hydrogen-bond acceptors (Lipinski definition) is 7. The zero-order chi connectivity index (χ0) is 21.3.